The van der Waals surface area contributed by atoms with Gasteiger partial charge in [-0.05, 0) is 12.8 Å². The highest BCUT2D eigenvalue weighted by molar-refractivity contribution is 5.79. The number of carboxylic acids is 1. The lowest BCUT2D eigenvalue weighted by atomic mass is 9.74. The third kappa shape index (κ3) is 3.91. The summed E-state index contributed by atoms with van der Waals surface area (Å²) in [6.45, 7) is 0.841. The van der Waals surface area contributed by atoms with Gasteiger partial charge in [0.1, 0.15) is 0 Å². The van der Waals surface area contributed by atoms with Crippen molar-refractivity contribution in [1.29, 1.82) is 0 Å². The molecule has 0 aliphatic heterocycles. The van der Waals surface area contributed by atoms with Crippen LogP contribution < -0.4 is 5.32 Å². The maximum absolute atomic E-state index is 10.2. The number of aliphatic hydroxyl groups is 1. The largest absolute Gasteiger partial charge is 0.478 e. The normalized spacial score (nSPS) is 20.3. The molecule has 4 heteroatoms. The van der Waals surface area contributed by atoms with Crippen LogP contribution >= 0.6 is 0 Å². The zero-order chi connectivity index (χ0) is 11.1. The molecule has 0 saturated heterocycles. The maximum Gasteiger partial charge on any atom is 0.329 e. The molecule has 15 heavy (non-hydrogen) atoms. The van der Waals surface area contributed by atoms with Crippen LogP contribution in [0.1, 0.15) is 32.1 Å². The van der Waals surface area contributed by atoms with Crippen LogP contribution in [0, 0.1) is 5.41 Å². The lowest BCUT2D eigenvalue weighted by molar-refractivity contribution is -0.131. The monoisotopic (exact) mass is 213 g/mol. The highest BCUT2D eigenvalue weighted by Gasteiger charge is 2.30. The Morgan fingerprint density at radius 1 is 1.33 bits per heavy atom. The first-order valence-corrected chi connectivity index (χ1v) is 5.42. The van der Waals surface area contributed by atoms with Crippen LogP contribution in [0.2, 0.25) is 0 Å². The van der Waals surface area contributed by atoms with Gasteiger partial charge < -0.3 is 15.5 Å². The predicted molar refractivity (Wildman–Crippen MR) is 57.4 cm³/mol. The molecular weight excluding hydrogens is 194 g/mol. The number of carboxylic acid groups (broad SMARTS) is 1. The minimum Gasteiger partial charge on any atom is -0.478 e. The first-order chi connectivity index (χ1) is 7.18. The Kier molecular flexibility index (Phi) is 4.62. The Morgan fingerprint density at radius 2 is 2.00 bits per heavy atom. The van der Waals surface area contributed by atoms with Crippen LogP contribution in [0.3, 0.4) is 0 Å². The van der Waals surface area contributed by atoms with E-state index in [1.54, 1.807) is 0 Å². The number of hydrogen-bond acceptors (Lipinski definition) is 3. The highest BCUT2D eigenvalue weighted by atomic mass is 16.4. The lowest BCUT2D eigenvalue weighted by Crippen LogP contribution is -2.37. The Morgan fingerprint density at radius 3 is 2.53 bits per heavy atom. The molecule has 0 amide bonds. The zero-order valence-electron chi connectivity index (χ0n) is 8.91. The fraction of sp³-hybridized carbons (Fsp3) is 0.727. The van der Waals surface area contributed by atoms with E-state index in [0.717, 1.165) is 31.8 Å². The van der Waals surface area contributed by atoms with Crippen molar-refractivity contribution in [2.45, 2.75) is 32.1 Å². The molecule has 0 heterocycles. The molecule has 3 N–H and O–H groups in total. The summed E-state index contributed by atoms with van der Waals surface area (Å²) < 4.78 is 0. The topological polar surface area (TPSA) is 69.6 Å². The van der Waals surface area contributed by atoms with Crippen molar-refractivity contribution in [2.75, 3.05) is 13.2 Å². The average molecular weight is 213 g/mol. The van der Waals surface area contributed by atoms with E-state index in [1.165, 1.54) is 12.6 Å². The molecular formula is C11H19NO3. The summed E-state index contributed by atoms with van der Waals surface area (Å²) in [6, 6.07) is 0. The quantitative estimate of drug-likeness (QED) is 0.598. The van der Waals surface area contributed by atoms with E-state index in [9.17, 15) is 9.90 Å². The summed E-state index contributed by atoms with van der Waals surface area (Å²) in [7, 11) is 0. The first-order valence-electron chi connectivity index (χ1n) is 5.42. The minimum atomic E-state index is -0.954. The van der Waals surface area contributed by atoms with Gasteiger partial charge in [0.05, 0.1) is 6.61 Å². The molecule has 1 saturated carbocycles. The van der Waals surface area contributed by atoms with Gasteiger partial charge in [-0.25, -0.2) is 4.79 Å². The van der Waals surface area contributed by atoms with Crippen LogP contribution in [-0.4, -0.2) is 29.3 Å². The zero-order valence-corrected chi connectivity index (χ0v) is 8.91. The van der Waals surface area contributed by atoms with Gasteiger partial charge in [0.15, 0.2) is 0 Å². The minimum absolute atomic E-state index is 0.0406. The number of aliphatic carboxylic acids is 1. The first kappa shape index (κ1) is 12.0. The molecule has 0 aromatic heterocycles. The third-order valence-electron chi connectivity index (χ3n) is 3.07. The standard InChI is InChI=1S/C11H19NO3/c13-9-11(5-2-1-3-6-11)8-12-7-4-10(14)15/h4,7,12-13H,1-3,5-6,8-9H2,(H,14,15)/b7-4+. The van der Waals surface area contributed by atoms with Gasteiger partial charge in [0.25, 0.3) is 0 Å². The van der Waals surface area contributed by atoms with Crippen molar-refractivity contribution in [3.63, 3.8) is 0 Å². The van der Waals surface area contributed by atoms with E-state index < -0.39 is 5.97 Å². The molecule has 1 aliphatic carbocycles. The molecule has 1 rings (SSSR count). The summed E-state index contributed by atoms with van der Waals surface area (Å²) >= 11 is 0. The highest BCUT2D eigenvalue weighted by Crippen LogP contribution is 2.35. The Hall–Kier alpha value is -1.03. The second-order valence-electron chi connectivity index (χ2n) is 4.27. The van der Waals surface area contributed by atoms with Crippen molar-refractivity contribution in [3.05, 3.63) is 12.3 Å². The van der Waals surface area contributed by atoms with Crippen molar-refractivity contribution in [3.8, 4) is 0 Å². The van der Waals surface area contributed by atoms with Crippen LogP contribution in [0.25, 0.3) is 0 Å². The summed E-state index contributed by atoms with van der Waals surface area (Å²) in [5, 5.41) is 20.7. The number of hydrogen-bond donors (Lipinski definition) is 3. The number of carbonyl (C=O) groups is 1. The smallest absolute Gasteiger partial charge is 0.329 e. The maximum atomic E-state index is 10.2. The fourth-order valence-electron chi connectivity index (χ4n) is 2.10. The van der Waals surface area contributed by atoms with E-state index in [4.69, 9.17) is 5.11 Å². The lowest BCUT2D eigenvalue weighted by Gasteiger charge is -2.35. The van der Waals surface area contributed by atoms with Crippen LogP contribution in [-0.2, 0) is 4.79 Å². The average Bonchev–Trinajstić information content (AvgIpc) is 2.26. The van der Waals surface area contributed by atoms with E-state index in [1.807, 2.05) is 0 Å². The third-order valence-corrected chi connectivity index (χ3v) is 3.07. The number of aliphatic hydroxyl groups excluding tert-OH is 1. The van der Waals surface area contributed by atoms with Crippen molar-refractivity contribution >= 4 is 5.97 Å². The second kappa shape index (κ2) is 5.75. The summed E-state index contributed by atoms with van der Waals surface area (Å²) in [5.74, 6) is -0.954. The molecule has 1 aliphatic rings. The number of nitrogens with one attached hydrogen (secondary N) is 1. The van der Waals surface area contributed by atoms with E-state index >= 15 is 0 Å². The van der Waals surface area contributed by atoms with Crippen molar-refractivity contribution in [2.24, 2.45) is 5.41 Å². The summed E-state index contributed by atoms with van der Waals surface area (Å²) in [4.78, 5) is 10.2. The second-order valence-corrected chi connectivity index (χ2v) is 4.27. The molecule has 0 spiro atoms. The Labute approximate surface area is 90.0 Å². The molecule has 0 bridgehead atoms. The van der Waals surface area contributed by atoms with Gasteiger partial charge >= 0.3 is 5.97 Å². The van der Waals surface area contributed by atoms with E-state index in [2.05, 4.69) is 5.32 Å². The molecule has 0 atom stereocenters. The van der Waals surface area contributed by atoms with Gasteiger partial charge in [-0.1, -0.05) is 19.3 Å². The van der Waals surface area contributed by atoms with Gasteiger partial charge in [0, 0.05) is 24.2 Å². The number of rotatable bonds is 5. The Bertz CT molecular complexity index is 232. The molecule has 4 nitrogen and oxygen atoms in total. The van der Waals surface area contributed by atoms with Crippen molar-refractivity contribution in [1.82, 2.24) is 5.32 Å². The van der Waals surface area contributed by atoms with Gasteiger partial charge in [-0.2, -0.15) is 0 Å². The molecule has 1 fully saturated rings. The molecule has 0 aromatic carbocycles. The van der Waals surface area contributed by atoms with Gasteiger partial charge in [-0.15, -0.1) is 0 Å². The predicted octanol–water partition coefficient (Wildman–Crippen LogP) is 1.12. The molecule has 0 radical (unpaired) electrons. The molecule has 0 aromatic rings. The Balaban J connectivity index is 2.35. The van der Waals surface area contributed by atoms with Crippen LogP contribution in [0.4, 0.5) is 0 Å². The summed E-state index contributed by atoms with van der Waals surface area (Å²) in [6.07, 6.45) is 8.12. The van der Waals surface area contributed by atoms with Gasteiger partial charge in [0.2, 0.25) is 0 Å². The SMILES string of the molecule is O=C(O)/C=C/NCC1(CO)CCCCC1. The van der Waals surface area contributed by atoms with Crippen LogP contribution in [0.15, 0.2) is 12.3 Å². The fourth-order valence-corrected chi connectivity index (χ4v) is 2.10. The summed E-state index contributed by atoms with van der Waals surface area (Å²) in [5.41, 5.74) is -0.0406. The molecule has 86 valence electrons. The van der Waals surface area contributed by atoms with E-state index in [0.29, 0.717) is 6.54 Å². The van der Waals surface area contributed by atoms with Crippen molar-refractivity contribution < 1.29 is 15.0 Å². The van der Waals surface area contributed by atoms with Gasteiger partial charge in [-0.3, -0.25) is 0 Å². The molecule has 0 unspecified atom stereocenters. The van der Waals surface area contributed by atoms with Crippen LogP contribution in [0.5, 0.6) is 0 Å². The van der Waals surface area contributed by atoms with E-state index in [-0.39, 0.29) is 12.0 Å².